The van der Waals surface area contributed by atoms with Crippen LogP contribution in [0, 0.1) is 0 Å². The maximum Gasteiger partial charge on any atom is 0.573 e. The average molecular weight is 462 g/mol. The van der Waals surface area contributed by atoms with Crippen molar-refractivity contribution in [2.45, 2.75) is 33.6 Å². The SMILES string of the molecule is CC/C=C(/NC(=C(C)C)c1ccccc1Cl)c1ccc(-c2ccccc2OC(F)(F)F)o1. The third-order valence-corrected chi connectivity index (χ3v) is 4.89. The maximum atomic E-state index is 12.8. The van der Waals surface area contributed by atoms with Crippen molar-refractivity contribution in [1.82, 2.24) is 5.32 Å². The van der Waals surface area contributed by atoms with Gasteiger partial charge in [0.1, 0.15) is 11.5 Å². The Kier molecular flexibility index (Phi) is 7.36. The number of ether oxygens (including phenoxy) is 1. The summed E-state index contributed by atoms with van der Waals surface area (Å²) in [5.41, 5.74) is 3.57. The highest BCUT2D eigenvalue weighted by Gasteiger charge is 2.32. The summed E-state index contributed by atoms with van der Waals surface area (Å²) >= 11 is 6.40. The second-order valence-corrected chi connectivity index (χ2v) is 7.62. The van der Waals surface area contributed by atoms with Gasteiger partial charge in [-0.25, -0.2) is 0 Å². The van der Waals surface area contributed by atoms with Crippen LogP contribution >= 0.6 is 11.6 Å². The molecular formula is C25H23ClF3NO2. The standard InChI is InChI=1S/C25H23ClF3NO2/c1-4-9-20(30-24(16(2)3)17-10-5-7-12-19(17)26)23-15-14-21(31-23)18-11-6-8-13-22(18)32-25(27,28)29/h5-15,30H,4H2,1-3H3/b20-9+. The van der Waals surface area contributed by atoms with Gasteiger partial charge in [-0.15, -0.1) is 13.2 Å². The molecule has 0 bridgehead atoms. The van der Waals surface area contributed by atoms with Gasteiger partial charge in [0, 0.05) is 16.3 Å². The molecular weight excluding hydrogens is 439 g/mol. The quantitative estimate of drug-likeness (QED) is 0.384. The van der Waals surface area contributed by atoms with Crippen LogP contribution < -0.4 is 10.1 Å². The molecule has 1 N–H and O–H groups in total. The average Bonchev–Trinajstić information content (AvgIpc) is 3.21. The summed E-state index contributed by atoms with van der Waals surface area (Å²) in [7, 11) is 0. The van der Waals surface area contributed by atoms with E-state index < -0.39 is 6.36 Å². The van der Waals surface area contributed by atoms with E-state index in [0.29, 0.717) is 22.9 Å². The smallest absolute Gasteiger partial charge is 0.454 e. The fraction of sp³-hybridized carbons (Fsp3) is 0.200. The Morgan fingerprint density at radius 1 is 1.03 bits per heavy atom. The van der Waals surface area contributed by atoms with Crippen molar-refractivity contribution in [3.63, 3.8) is 0 Å². The van der Waals surface area contributed by atoms with Crippen LogP contribution in [0.4, 0.5) is 13.2 Å². The Bertz CT molecular complexity index is 1140. The fourth-order valence-corrected chi connectivity index (χ4v) is 3.42. The van der Waals surface area contributed by atoms with Crippen LogP contribution in [-0.4, -0.2) is 6.36 Å². The van der Waals surface area contributed by atoms with Crippen molar-refractivity contribution >= 4 is 23.0 Å². The molecule has 0 spiro atoms. The first-order valence-corrected chi connectivity index (χ1v) is 10.4. The second-order valence-electron chi connectivity index (χ2n) is 7.21. The van der Waals surface area contributed by atoms with E-state index in [0.717, 1.165) is 16.8 Å². The van der Waals surface area contributed by atoms with Crippen molar-refractivity contribution in [2.24, 2.45) is 0 Å². The lowest BCUT2D eigenvalue weighted by molar-refractivity contribution is -0.274. The van der Waals surface area contributed by atoms with Gasteiger partial charge in [0.2, 0.25) is 0 Å². The first-order valence-electron chi connectivity index (χ1n) is 10.0. The molecule has 1 aromatic heterocycles. The third kappa shape index (κ3) is 5.77. The molecule has 2 aromatic carbocycles. The van der Waals surface area contributed by atoms with Gasteiger partial charge in [0.25, 0.3) is 0 Å². The number of para-hydroxylation sites is 1. The molecule has 0 radical (unpaired) electrons. The first-order chi connectivity index (χ1) is 15.2. The topological polar surface area (TPSA) is 34.4 Å². The second kappa shape index (κ2) is 10.0. The van der Waals surface area contributed by atoms with Crippen molar-refractivity contribution in [1.29, 1.82) is 0 Å². The first kappa shape index (κ1) is 23.5. The summed E-state index contributed by atoms with van der Waals surface area (Å²) in [6.07, 6.45) is -2.14. The minimum atomic E-state index is -4.80. The third-order valence-electron chi connectivity index (χ3n) is 4.56. The number of allylic oxidation sites excluding steroid dienone is 2. The molecule has 0 amide bonds. The van der Waals surface area contributed by atoms with E-state index in [1.165, 1.54) is 18.2 Å². The molecule has 3 nitrogen and oxygen atoms in total. The molecule has 1 heterocycles. The lowest BCUT2D eigenvalue weighted by Crippen LogP contribution is -2.17. The molecule has 168 valence electrons. The molecule has 0 aliphatic carbocycles. The van der Waals surface area contributed by atoms with E-state index >= 15 is 0 Å². The number of hydrogen-bond acceptors (Lipinski definition) is 3. The van der Waals surface area contributed by atoms with Crippen molar-refractivity contribution in [3.8, 4) is 17.1 Å². The van der Waals surface area contributed by atoms with Gasteiger partial charge >= 0.3 is 6.36 Å². The molecule has 0 saturated heterocycles. The van der Waals surface area contributed by atoms with Gasteiger partial charge in [-0.05, 0) is 50.6 Å². The molecule has 3 aromatic rings. The summed E-state index contributed by atoms with van der Waals surface area (Å²) in [6.45, 7) is 5.91. The molecule has 0 atom stereocenters. The molecule has 7 heteroatoms. The summed E-state index contributed by atoms with van der Waals surface area (Å²) in [5, 5.41) is 4.00. The maximum absolute atomic E-state index is 12.8. The van der Waals surface area contributed by atoms with Crippen LogP contribution in [0.3, 0.4) is 0 Å². The lowest BCUT2D eigenvalue weighted by Gasteiger charge is -2.17. The van der Waals surface area contributed by atoms with Crippen LogP contribution in [0.15, 0.2) is 76.7 Å². The lowest BCUT2D eigenvalue weighted by atomic mass is 10.1. The largest absolute Gasteiger partial charge is 0.573 e. The van der Waals surface area contributed by atoms with E-state index in [-0.39, 0.29) is 17.1 Å². The number of nitrogens with one attached hydrogen (secondary N) is 1. The van der Waals surface area contributed by atoms with Gasteiger partial charge in [0.15, 0.2) is 5.76 Å². The fourth-order valence-electron chi connectivity index (χ4n) is 3.19. The van der Waals surface area contributed by atoms with Crippen molar-refractivity contribution in [3.05, 3.63) is 88.7 Å². The van der Waals surface area contributed by atoms with Gasteiger partial charge in [-0.3, -0.25) is 0 Å². The molecule has 0 saturated carbocycles. The number of rotatable bonds is 7. The van der Waals surface area contributed by atoms with E-state index in [4.69, 9.17) is 16.0 Å². The van der Waals surface area contributed by atoms with Gasteiger partial charge in [0.05, 0.1) is 11.3 Å². The predicted octanol–water partition coefficient (Wildman–Crippen LogP) is 8.29. The van der Waals surface area contributed by atoms with Crippen LogP contribution in [0.2, 0.25) is 5.02 Å². The van der Waals surface area contributed by atoms with E-state index in [1.54, 1.807) is 18.2 Å². The summed E-state index contributed by atoms with van der Waals surface area (Å²) in [6, 6.07) is 16.7. The molecule has 0 aliphatic rings. The monoisotopic (exact) mass is 461 g/mol. The highest BCUT2D eigenvalue weighted by molar-refractivity contribution is 6.32. The minimum absolute atomic E-state index is 0.209. The Labute approximate surface area is 190 Å². The van der Waals surface area contributed by atoms with Crippen LogP contribution in [0.1, 0.15) is 38.5 Å². The minimum Gasteiger partial charge on any atom is -0.454 e. The Morgan fingerprint density at radius 2 is 1.72 bits per heavy atom. The highest BCUT2D eigenvalue weighted by atomic mass is 35.5. The van der Waals surface area contributed by atoms with Crippen LogP contribution in [0.25, 0.3) is 22.7 Å². The summed E-state index contributed by atoms with van der Waals surface area (Å²) in [5.74, 6) is 0.422. The normalized spacial score (nSPS) is 11.9. The number of benzene rings is 2. The van der Waals surface area contributed by atoms with Gasteiger partial charge < -0.3 is 14.5 Å². The predicted molar refractivity (Wildman–Crippen MR) is 122 cm³/mol. The van der Waals surface area contributed by atoms with E-state index in [2.05, 4.69) is 10.1 Å². The molecule has 0 unspecified atom stereocenters. The highest BCUT2D eigenvalue weighted by Crippen LogP contribution is 2.36. The molecule has 0 aliphatic heterocycles. The Hall–Kier alpha value is -3.12. The zero-order valence-electron chi connectivity index (χ0n) is 17.9. The van der Waals surface area contributed by atoms with Crippen molar-refractivity contribution in [2.75, 3.05) is 0 Å². The zero-order chi connectivity index (χ0) is 23.3. The van der Waals surface area contributed by atoms with Crippen molar-refractivity contribution < 1.29 is 22.3 Å². The van der Waals surface area contributed by atoms with Crippen LogP contribution in [-0.2, 0) is 0 Å². The Morgan fingerprint density at radius 3 is 2.38 bits per heavy atom. The summed E-state index contributed by atoms with van der Waals surface area (Å²) < 4.78 is 48.5. The molecule has 0 fully saturated rings. The number of hydrogen-bond donors (Lipinski definition) is 1. The molecule has 3 rings (SSSR count). The number of furan rings is 1. The zero-order valence-corrected chi connectivity index (χ0v) is 18.6. The Balaban J connectivity index is 1.97. The van der Waals surface area contributed by atoms with Gasteiger partial charge in [-0.1, -0.05) is 60.5 Å². The number of halogens is 4. The molecule has 32 heavy (non-hydrogen) atoms. The van der Waals surface area contributed by atoms with E-state index in [1.807, 2.05) is 51.1 Å². The van der Waals surface area contributed by atoms with E-state index in [9.17, 15) is 13.2 Å². The van der Waals surface area contributed by atoms with Gasteiger partial charge in [-0.2, -0.15) is 0 Å². The number of alkyl halides is 3. The summed E-state index contributed by atoms with van der Waals surface area (Å²) in [4.78, 5) is 0. The van der Waals surface area contributed by atoms with Crippen LogP contribution in [0.5, 0.6) is 5.75 Å².